The van der Waals surface area contributed by atoms with E-state index in [1.807, 2.05) is 0 Å². The van der Waals surface area contributed by atoms with Crippen molar-refractivity contribution in [1.82, 2.24) is 10.3 Å². The van der Waals surface area contributed by atoms with E-state index in [2.05, 4.69) is 29.5 Å². The van der Waals surface area contributed by atoms with Gasteiger partial charge >= 0.3 is 0 Å². The SMILES string of the molecule is CNc1ccc(Cl)c(C(=O)NCCCOCC(C)C)n1. The molecule has 1 aromatic rings. The summed E-state index contributed by atoms with van der Waals surface area (Å²) in [6, 6.07) is 3.37. The summed E-state index contributed by atoms with van der Waals surface area (Å²) < 4.78 is 5.44. The molecule has 0 aliphatic heterocycles. The lowest BCUT2D eigenvalue weighted by atomic mass is 10.2. The second-order valence-electron chi connectivity index (χ2n) is 4.86. The molecule has 1 aromatic heterocycles. The van der Waals surface area contributed by atoms with Gasteiger partial charge in [-0.2, -0.15) is 0 Å². The second kappa shape index (κ2) is 8.76. The van der Waals surface area contributed by atoms with Gasteiger partial charge in [-0.25, -0.2) is 4.98 Å². The van der Waals surface area contributed by atoms with Gasteiger partial charge in [0.25, 0.3) is 5.91 Å². The molecular weight excluding hydrogens is 278 g/mol. The number of halogens is 1. The van der Waals surface area contributed by atoms with Crippen LogP contribution < -0.4 is 10.6 Å². The maximum absolute atomic E-state index is 11.9. The average Bonchev–Trinajstić information content (AvgIpc) is 2.42. The van der Waals surface area contributed by atoms with Crippen LogP contribution in [0.5, 0.6) is 0 Å². The van der Waals surface area contributed by atoms with Gasteiger partial charge in [-0.05, 0) is 24.5 Å². The van der Waals surface area contributed by atoms with Gasteiger partial charge in [-0.3, -0.25) is 4.79 Å². The van der Waals surface area contributed by atoms with Crippen LogP contribution in [0.3, 0.4) is 0 Å². The Kier molecular flexibility index (Phi) is 7.33. The number of hydrogen-bond acceptors (Lipinski definition) is 4. The highest BCUT2D eigenvalue weighted by Gasteiger charge is 2.12. The molecule has 6 heteroatoms. The lowest BCUT2D eigenvalue weighted by Crippen LogP contribution is -2.26. The number of ether oxygens (including phenoxy) is 1. The first-order valence-electron chi connectivity index (χ1n) is 6.74. The molecular formula is C14H22ClN3O2. The Labute approximate surface area is 125 Å². The molecule has 0 unspecified atom stereocenters. The fourth-order valence-electron chi connectivity index (χ4n) is 1.52. The second-order valence-corrected chi connectivity index (χ2v) is 5.26. The van der Waals surface area contributed by atoms with Gasteiger partial charge in [0.2, 0.25) is 0 Å². The third kappa shape index (κ3) is 5.75. The van der Waals surface area contributed by atoms with Crippen LogP contribution in [0.25, 0.3) is 0 Å². The number of amides is 1. The molecule has 5 nitrogen and oxygen atoms in total. The zero-order valence-electron chi connectivity index (χ0n) is 12.2. The Balaban J connectivity index is 2.36. The van der Waals surface area contributed by atoms with Gasteiger partial charge in [0.1, 0.15) is 11.5 Å². The van der Waals surface area contributed by atoms with Crippen molar-refractivity contribution in [3.8, 4) is 0 Å². The van der Waals surface area contributed by atoms with Crippen LogP contribution >= 0.6 is 11.6 Å². The smallest absolute Gasteiger partial charge is 0.271 e. The highest BCUT2D eigenvalue weighted by molar-refractivity contribution is 6.33. The molecule has 0 atom stereocenters. The zero-order valence-corrected chi connectivity index (χ0v) is 13.0. The third-order valence-electron chi connectivity index (χ3n) is 2.52. The van der Waals surface area contributed by atoms with Crippen molar-refractivity contribution in [3.63, 3.8) is 0 Å². The molecule has 112 valence electrons. The molecule has 0 saturated carbocycles. The highest BCUT2D eigenvalue weighted by Crippen LogP contribution is 2.16. The molecule has 1 amide bonds. The molecule has 1 rings (SSSR count). The van der Waals surface area contributed by atoms with Gasteiger partial charge in [0, 0.05) is 26.8 Å². The molecule has 1 heterocycles. The lowest BCUT2D eigenvalue weighted by molar-refractivity contribution is 0.0921. The van der Waals surface area contributed by atoms with Crippen molar-refractivity contribution >= 4 is 23.3 Å². The van der Waals surface area contributed by atoms with Gasteiger partial charge < -0.3 is 15.4 Å². The number of anilines is 1. The molecule has 20 heavy (non-hydrogen) atoms. The van der Waals surface area contributed by atoms with Crippen molar-refractivity contribution < 1.29 is 9.53 Å². The predicted octanol–water partition coefficient (Wildman–Crippen LogP) is 2.57. The standard InChI is InChI=1S/C14H22ClN3O2/c1-10(2)9-20-8-4-7-17-14(19)13-11(15)5-6-12(16-3)18-13/h5-6,10H,4,7-9H2,1-3H3,(H,16,18)(H,17,19). The number of aromatic nitrogens is 1. The number of nitrogens with one attached hydrogen (secondary N) is 2. The van der Waals surface area contributed by atoms with Crippen LogP contribution in [-0.2, 0) is 4.74 Å². The van der Waals surface area contributed by atoms with Crippen molar-refractivity contribution in [2.45, 2.75) is 20.3 Å². The Bertz CT molecular complexity index is 438. The summed E-state index contributed by atoms with van der Waals surface area (Å²) in [5.74, 6) is 0.868. The van der Waals surface area contributed by atoms with Crippen LogP contribution in [-0.4, -0.2) is 37.7 Å². The lowest BCUT2D eigenvalue weighted by Gasteiger charge is -2.09. The first kappa shape index (κ1) is 16.7. The number of rotatable bonds is 8. The maximum atomic E-state index is 11.9. The Morgan fingerprint density at radius 3 is 2.85 bits per heavy atom. The normalized spacial score (nSPS) is 10.7. The van der Waals surface area contributed by atoms with Crippen LogP contribution in [0.4, 0.5) is 5.82 Å². The average molecular weight is 300 g/mol. The van der Waals surface area contributed by atoms with Gasteiger partial charge in [0.15, 0.2) is 0 Å². The molecule has 0 radical (unpaired) electrons. The molecule has 0 aliphatic rings. The molecule has 0 aliphatic carbocycles. The summed E-state index contributed by atoms with van der Waals surface area (Å²) in [6.07, 6.45) is 0.766. The minimum atomic E-state index is -0.268. The van der Waals surface area contributed by atoms with Crippen LogP contribution in [0, 0.1) is 5.92 Å². The van der Waals surface area contributed by atoms with E-state index < -0.39 is 0 Å². The largest absolute Gasteiger partial charge is 0.381 e. The van der Waals surface area contributed by atoms with Crippen molar-refractivity contribution in [2.24, 2.45) is 5.92 Å². The minimum absolute atomic E-state index is 0.238. The number of pyridine rings is 1. The molecule has 0 saturated heterocycles. The summed E-state index contributed by atoms with van der Waals surface area (Å²) in [4.78, 5) is 16.1. The van der Waals surface area contributed by atoms with Crippen molar-refractivity contribution in [3.05, 3.63) is 22.8 Å². The van der Waals surface area contributed by atoms with Gasteiger partial charge in [0.05, 0.1) is 5.02 Å². The fraction of sp³-hybridized carbons (Fsp3) is 0.571. The van der Waals surface area contributed by atoms with E-state index in [-0.39, 0.29) is 11.6 Å². The first-order chi connectivity index (χ1) is 9.54. The van der Waals surface area contributed by atoms with E-state index in [0.717, 1.165) is 13.0 Å². The summed E-state index contributed by atoms with van der Waals surface area (Å²) in [5.41, 5.74) is 0.238. The fourth-order valence-corrected chi connectivity index (χ4v) is 1.71. The van der Waals surface area contributed by atoms with E-state index in [0.29, 0.717) is 29.9 Å². The van der Waals surface area contributed by atoms with E-state index in [4.69, 9.17) is 16.3 Å². The number of carbonyl (C=O) groups excluding carboxylic acids is 1. The summed E-state index contributed by atoms with van der Waals surface area (Å²) in [6.45, 7) is 6.12. The summed E-state index contributed by atoms with van der Waals surface area (Å²) >= 11 is 5.97. The van der Waals surface area contributed by atoms with Crippen LogP contribution in [0.15, 0.2) is 12.1 Å². The van der Waals surface area contributed by atoms with E-state index in [9.17, 15) is 4.79 Å². The first-order valence-corrected chi connectivity index (χ1v) is 7.12. The number of nitrogens with zero attached hydrogens (tertiary/aromatic N) is 1. The predicted molar refractivity (Wildman–Crippen MR) is 81.4 cm³/mol. The summed E-state index contributed by atoms with van der Waals surface area (Å²) in [7, 11) is 1.74. The number of hydrogen-bond donors (Lipinski definition) is 2. The maximum Gasteiger partial charge on any atom is 0.271 e. The van der Waals surface area contributed by atoms with Gasteiger partial charge in [-0.1, -0.05) is 25.4 Å². The quantitative estimate of drug-likeness (QED) is 0.724. The topological polar surface area (TPSA) is 63.2 Å². The molecule has 2 N–H and O–H groups in total. The van der Waals surface area contributed by atoms with Crippen LogP contribution in [0.1, 0.15) is 30.8 Å². The highest BCUT2D eigenvalue weighted by atomic mass is 35.5. The summed E-state index contributed by atoms with van der Waals surface area (Å²) in [5, 5.41) is 6.00. The Morgan fingerprint density at radius 2 is 2.20 bits per heavy atom. The third-order valence-corrected chi connectivity index (χ3v) is 2.82. The Hall–Kier alpha value is -1.33. The number of carbonyl (C=O) groups is 1. The van der Waals surface area contributed by atoms with Crippen LogP contribution in [0.2, 0.25) is 5.02 Å². The zero-order chi connectivity index (χ0) is 15.0. The Morgan fingerprint density at radius 1 is 1.45 bits per heavy atom. The molecule has 0 aromatic carbocycles. The minimum Gasteiger partial charge on any atom is -0.381 e. The van der Waals surface area contributed by atoms with Crippen molar-refractivity contribution in [1.29, 1.82) is 0 Å². The van der Waals surface area contributed by atoms with E-state index >= 15 is 0 Å². The van der Waals surface area contributed by atoms with E-state index in [1.54, 1.807) is 19.2 Å². The van der Waals surface area contributed by atoms with Gasteiger partial charge in [-0.15, -0.1) is 0 Å². The monoisotopic (exact) mass is 299 g/mol. The molecule has 0 fully saturated rings. The van der Waals surface area contributed by atoms with Crippen molar-refractivity contribution in [2.75, 3.05) is 32.1 Å². The van der Waals surface area contributed by atoms with E-state index in [1.165, 1.54) is 0 Å². The molecule has 0 spiro atoms. The molecule has 0 bridgehead atoms.